The molecule has 6 rings (SSSR count). The second kappa shape index (κ2) is 7.73. The lowest BCUT2D eigenvalue weighted by Crippen LogP contribution is -2.42. The van der Waals surface area contributed by atoms with Crippen molar-refractivity contribution in [2.75, 3.05) is 18.0 Å². The van der Waals surface area contributed by atoms with Gasteiger partial charge in [0, 0.05) is 26.1 Å². The SMILES string of the molecule is Cc1nsc(-c2nc(N3CCCC3=O)c3n2CCN(C(=O)c2ccc(F)c4ccoc24)C3C)n1. The van der Waals surface area contributed by atoms with E-state index >= 15 is 0 Å². The van der Waals surface area contributed by atoms with Gasteiger partial charge in [-0.15, -0.1) is 0 Å². The van der Waals surface area contributed by atoms with Gasteiger partial charge < -0.3 is 13.9 Å². The summed E-state index contributed by atoms with van der Waals surface area (Å²) in [5.41, 5.74) is 1.33. The van der Waals surface area contributed by atoms with E-state index in [-0.39, 0.29) is 28.8 Å². The van der Waals surface area contributed by atoms with Crippen LogP contribution < -0.4 is 4.90 Å². The Hall–Kier alpha value is -3.60. The van der Waals surface area contributed by atoms with Crippen LogP contribution in [0.15, 0.2) is 28.9 Å². The van der Waals surface area contributed by atoms with E-state index in [1.54, 1.807) is 9.80 Å². The van der Waals surface area contributed by atoms with E-state index < -0.39 is 5.82 Å². The van der Waals surface area contributed by atoms with Crippen LogP contribution in [0.3, 0.4) is 0 Å². The molecule has 0 saturated carbocycles. The van der Waals surface area contributed by atoms with Crippen molar-refractivity contribution in [3.05, 3.63) is 47.4 Å². The van der Waals surface area contributed by atoms with E-state index in [1.165, 1.54) is 36.0 Å². The molecule has 0 radical (unpaired) electrons. The molecule has 174 valence electrons. The van der Waals surface area contributed by atoms with Crippen molar-refractivity contribution in [1.29, 1.82) is 0 Å². The lowest BCUT2D eigenvalue weighted by molar-refractivity contribution is -0.117. The highest BCUT2D eigenvalue weighted by atomic mass is 32.1. The van der Waals surface area contributed by atoms with Gasteiger partial charge in [-0.2, -0.15) is 4.37 Å². The summed E-state index contributed by atoms with van der Waals surface area (Å²) >= 11 is 1.26. The second-order valence-electron chi connectivity index (χ2n) is 8.52. The minimum absolute atomic E-state index is 0.0207. The number of furan rings is 1. The smallest absolute Gasteiger partial charge is 0.258 e. The minimum atomic E-state index is -0.433. The summed E-state index contributed by atoms with van der Waals surface area (Å²) in [6.07, 6.45) is 2.62. The zero-order chi connectivity index (χ0) is 23.6. The number of fused-ring (bicyclic) bond motifs is 2. The fraction of sp³-hybridized carbons (Fsp3) is 0.348. The fourth-order valence-corrected chi connectivity index (χ4v) is 5.56. The number of carbonyl (C=O) groups excluding carboxylic acids is 2. The predicted octanol–water partition coefficient (Wildman–Crippen LogP) is 3.94. The molecule has 1 saturated heterocycles. The maximum Gasteiger partial charge on any atom is 0.258 e. The number of anilines is 1. The highest BCUT2D eigenvalue weighted by molar-refractivity contribution is 7.09. The number of amides is 2. The Balaban J connectivity index is 1.45. The standard InChI is InChI=1S/C23H21FN6O3S/c1-12-18-20(29-8-3-4-17(29)31)26-21(22-25-13(2)27-34-22)30(18)10-9-28(12)23(32)15-5-6-16(24)14-7-11-33-19(14)15/h5-7,11-12H,3-4,8-10H2,1-2H3. The summed E-state index contributed by atoms with van der Waals surface area (Å²) < 4.78 is 26.0. The molecule has 1 unspecified atom stereocenters. The van der Waals surface area contributed by atoms with Crippen LogP contribution in [0.2, 0.25) is 0 Å². The molecule has 11 heteroatoms. The van der Waals surface area contributed by atoms with Crippen LogP contribution in [0.4, 0.5) is 10.2 Å². The highest BCUT2D eigenvalue weighted by Gasteiger charge is 2.38. The van der Waals surface area contributed by atoms with E-state index in [9.17, 15) is 14.0 Å². The predicted molar refractivity (Wildman–Crippen MR) is 123 cm³/mol. The quantitative estimate of drug-likeness (QED) is 0.441. The van der Waals surface area contributed by atoms with Crippen molar-refractivity contribution in [2.45, 2.75) is 39.3 Å². The monoisotopic (exact) mass is 480 g/mol. The third-order valence-electron chi connectivity index (χ3n) is 6.52. The molecule has 1 atom stereocenters. The Morgan fingerprint density at radius 2 is 2.06 bits per heavy atom. The molecule has 1 fully saturated rings. The number of nitrogens with zero attached hydrogens (tertiary/aromatic N) is 6. The third-order valence-corrected chi connectivity index (χ3v) is 7.32. The highest BCUT2D eigenvalue weighted by Crippen LogP contribution is 2.40. The number of imidazole rings is 1. The minimum Gasteiger partial charge on any atom is -0.463 e. The number of hydrogen-bond acceptors (Lipinski definition) is 7. The number of aromatic nitrogens is 4. The first kappa shape index (κ1) is 21.0. The van der Waals surface area contributed by atoms with Gasteiger partial charge in [0.15, 0.2) is 16.6 Å². The first-order valence-electron chi connectivity index (χ1n) is 11.1. The summed E-state index contributed by atoms with van der Waals surface area (Å²) in [7, 11) is 0. The average Bonchev–Trinajstić information content (AvgIpc) is 3.60. The van der Waals surface area contributed by atoms with Gasteiger partial charge in [-0.3, -0.25) is 14.5 Å². The van der Waals surface area contributed by atoms with Crippen LogP contribution in [-0.2, 0) is 11.3 Å². The van der Waals surface area contributed by atoms with E-state index in [2.05, 4.69) is 9.36 Å². The van der Waals surface area contributed by atoms with Gasteiger partial charge in [0.2, 0.25) is 5.91 Å². The molecule has 0 N–H and O–H groups in total. The largest absolute Gasteiger partial charge is 0.463 e. The van der Waals surface area contributed by atoms with Gasteiger partial charge in [-0.25, -0.2) is 14.4 Å². The molecule has 9 nitrogen and oxygen atoms in total. The molecule has 3 aromatic heterocycles. The van der Waals surface area contributed by atoms with Gasteiger partial charge in [-0.1, -0.05) is 0 Å². The van der Waals surface area contributed by atoms with Crippen molar-refractivity contribution in [2.24, 2.45) is 0 Å². The lowest BCUT2D eigenvalue weighted by Gasteiger charge is -2.36. The van der Waals surface area contributed by atoms with Gasteiger partial charge >= 0.3 is 0 Å². The molecular weight excluding hydrogens is 459 g/mol. The molecule has 4 aromatic rings. The number of benzene rings is 1. The zero-order valence-electron chi connectivity index (χ0n) is 18.6. The van der Waals surface area contributed by atoms with Crippen LogP contribution in [0.1, 0.15) is 47.7 Å². The van der Waals surface area contributed by atoms with Gasteiger partial charge in [0.1, 0.15) is 17.2 Å². The van der Waals surface area contributed by atoms with E-state index in [4.69, 9.17) is 9.40 Å². The van der Waals surface area contributed by atoms with Crippen LogP contribution in [0.25, 0.3) is 21.8 Å². The zero-order valence-corrected chi connectivity index (χ0v) is 19.4. The van der Waals surface area contributed by atoms with Gasteiger partial charge in [0.25, 0.3) is 5.91 Å². The summed E-state index contributed by atoms with van der Waals surface area (Å²) in [6.45, 7) is 5.24. The third kappa shape index (κ3) is 3.07. The van der Waals surface area contributed by atoms with Crippen LogP contribution in [0, 0.1) is 12.7 Å². The van der Waals surface area contributed by atoms with E-state index in [0.29, 0.717) is 54.1 Å². The molecule has 0 aliphatic carbocycles. The number of rotatable bonds is 3. The molecular formula is C23H21FN6O3S. The number of aryl methyl sites for hydroxylation is 1. The normalized spacial score (nSPS) is 18.2. The Kier molecular flexibility index (Phi) is 4.76. The van der Waals surface area contributed by atoms with Crippen molar-refractivity contribution in [3.63, 3.8) is 0 Å². The average molecular weight is 481 g/mol. The fourth-order valence-electron chi connectivity index (χ4n) is 4.89. The van der Waals surface area contributed by atoms with E-state index in [1.807, 2.05) is 18.4 Å². The number of carbonyl (C=O) groups is 2. The molecule has 1 aromatic carbocycles. The summed E-state index contributed by atoms with van der Waals surface area (Å²) in [4.78, 5) is 39.0. The summed E-state index contributed by atoms with van der Waals surface area (Å²) in [5.74, 6) is 1.22. The molecule has 2 amide bonds. The lowest BCUT2D eigenvalue weighted by atomic mass is 10.1. The summed E-state index contributed by atoms with van der Waals surface area (Å²) in [6, 6.07) is 3.88. The van der Waals surface area contributed by atoms with Crippen molar-refractivity contribution in [1.82, 2.24) is 23.8 Å². The van der Waals surface area contributed by atoms with Crippen molar-refractivity contribution >= 4 is 40.1 Å². The van der Waals surface area contributed by atoms with Crippen LogP contribution in [0.5, 0.6) is 0 Å². The number of hydrogen-bond donors (Lipinski definition) is 0. The topological polar surface area (TPSA) is 97.4 Å². The van der Waals surface area contributed by atoms with Crippen molar-refractivity contribution in [3.8, 4) is 10.8 Å². The van der Waals surface area contributed by atoms with Gasteiger partial charge in [-0.05, 0) is 50.0 Å². The van der Waals surface area contributed by atoms with Crippen LogP contribution in [-0.4, -0.2) is 48.7 Å². The molecule has 2 aliphatic heterocycles. The molecule has 5 heterocycles. The summed E-state index contributed by atoms with van der Waals surface area (Å²) in [5, 5.41) is 0.956. The maximum absolute atomic E-state index is 14.2. The molecule has 0 bridgehead atoms. The Bertz CT molecular complexity index is 1460. The van der Waals surface area contributed by atoms with Gasteiger partial charge in [0.05, 0.1) is 28.9 Å². The number of halogens is 1. The first-order chi connectivity index (χ1) is 16.4. The Morgan fingerprint density at radius 1 is 1.21 bits per heavy atom. The van der Waals surface area contributed by atoms with Crippen molar-refractivity contribution < 1.29 is 18.4 Å². The Labute approximate surface area is 198 Å². The maximum atomic E-state index is 14.2. The van der Waals surface area contributed by atoms with Crippen LogP contribution >= 0.6 is 11.5 Å². The molecule has 2 aliphatic rings. The molecule has 34 heavy (non-hydrogen) atoms. The van der Waals surface area contributed by atoms with E-state index in [0.717, 1.165) is 12.1 Å². The molecule has 0 spiro atoms. The second-order valence-corrected chi connectivity index (χ2v) is 9.28. The first-order valence-corrected chi connectivity index (χ1v) is 11.9. The Morgan fingerprint density at radius 3 is 2.79 bits per heavy atom.